The van der Waals surface area contributed by atoms with Crippen molar-refractivity contribution in [2.24, 2.45) is 0 Å². The highest BCUT2D eigenvalue weighted by atomic mass is 16.6. The summed E-state index contributed by atoms with van der Waals surface area (Å²) >= 11 is 0. The van der Waals surface area contributed by atoms with E-state index in [1.165, 1.54) is 25.7 Å². The Morgan fingerprint density at radius 3 is 1.44 bits per heavy atom. The zero-order valence-corrected chi connectivity index (χ0v) is 40.4. The van der Waals surface area contributed by atoms with E-state index in [0.717, 1.165) is 64.2 Å². The van der Waals surface area contributed by atoms with Crippen molar-refractivity contribution >= 4 is 17.9 Å². The van der Waals surface area contributed by atoms with E-state index in [-0.39, 0.29) is 49.1 Å². The number of rotatable bonds is 40. The van der Waals surface area contributed by atoms with Crippen LogP contribution in [0.5, 0.6) is 0 Å². The van der Waals surface area contributed by atoms with E-state index in [2.05, 4.69) is 86.8 Å². The van der Waals surface area contributed by atoms with Crippen LogP contribution in [-0.4, -0.2) is 80.6 Å². The lowest BCUT2D eigenvalue weighted by atomic mass is 10.1. The van der Waals surface area contributed by atoms with Crippen molar-refractivity contribution in [1.82, 2.24) is 0 Å². The van der Waals surface area contributed by atoms with Gasteiger partial charge in [-0.2, -0.15) is 0 Å². The Morgan fingerprint density at radius 2 is 0.938 bits per heavy atom. The zero-order valence-electron chi connectivity index (χ0n) is 40.4. The Labute approximate surface area is 389 Å². The van der Waals surface area contributed by atoms with Crippen LogP contribution in [0.3, 0.4) is 0 Å². The van der Waals surface area contributed by atoms with Crippen molar-refractivity contribution in [1.29, 1.82) is 0 Å². The Bertz CT molecular complexity index is 1540. The second kappa shape index (κ2) is 44.8. The topological polar surface area (TPSA) is 99.1 Å². The number of likely N-dealkylation sites (N-methyl/N-ethyl adjacent to an activating group) is 1. The number of unbranched alkanes of at least 4 members (excludes halogenated alkanes) is 8. The standard InChI is InChI=1S/C56H85NO7/c1-6-8-10-12-14-16-18-20-22-24-26-27-29-30-32-34-36-38-40-42-44-46-54(58)63-51-52(50-62-49-48-53(56(60)61)57(3,4)5)64-55(59)47-45-43-41-39-37-35-33-31-28-25-23-21-19-17-15-13-11-9-7-2/h9,11,13-17,19-23,25-28,30-33,35-38,52-53H,6-8,10,12,18,24,29,34,39-51H2,1-5H3/p+1/b11-9+,15-13+,16-14+,19-17+,22-20+,23-21+,27-26+,28-25+,32-30+,33-31+,37-35+,38-36+. The van der Waals surface area contributed by atoms with Crippen LogP contribution in [0.1, 0.15) is 136 Å². The molecular formula is C56H86NO7+. The molecule has 0 aliphatic rings. The molecule has 0 aromatic carbocycles. The third-order valence-electron chi connectivity index (χ3n) is 9.67. The van der Waals surface area contributed by atoms with Crippen LogP contribution in [0.25, 0.3) is 0 Å². The average Bonchev–Trinajstić information content (AvgIpc) is 3.26. The molecule has 2 atom stereocenters. The maximum absolute atomic E-state index is 12.8. The predicted molar refractivity (Wildman–Crippen MR) is 270 cm³/mol. The first kappa shape index (κ1) is 59.2. The van der Waals surface area contributed by atoms with Gasteiger partial charge in [0.25, 0.3) is 0 Å². The van der Waals surface area contributed by atoms with Crippen LogP contribution in [-0.2, 0) is 28.6 Å². The van der Waals surface area contributed by atoms with Gasteiger partial charge in [-0.3, -0.25) is 9.59 Å². The van der Waals surface area contributed by atoms with Crippen LogP contribution in [0, 0.1) is 0 Å². The summed E-state index contributed by atoms with van der Waals surface area (Å²) in [5.74, 6) is -1.61. The molecular weight excluding hydrogens is 799 g/mol. The average molecular weight is 885 g/mol. The molecule has 0 aliphatic heterocycles. The Balaban J connectivity index is 4.53. The molecule has 0 aliphatic carbocycles. The van der Waals surface area contributed by atoms with E-state index >= 15 is 0 Å². The number of carbonyl (C=O) groups is 3. The highest BCUT2D eigenvalue weighted by molar-refractivity contribution is 5.72. The van der Waals surface area contributed by atoms with Crippen LogP contribution < -0.4 is 0 Å². The molecule has 0 fully saturated rings. The zero-order chi connectivity index (χ0) is 47.0. The first-order chi connectivity index (χ1) is 31.1. The number of hydrogen-bond acceptors (Lipinski definition) is 6. The summed E-state index contributed by atoms with van der Waals surface area (Å²) in [4.78, 5) is 37.1. The molecule has 356 valence electrons. The number of allylic oxidation sites excluding steroid dienone is 24. The minimum atomic E-state index is -0.897. The number of nitrogens with zero attached hydrogens (tertiary/aromatic N) is 1. The minimum absolute atomic E-state index is 0.0162. The minimum Gasteiger partial charge on any atom is -0.477 e. The van der Waals surface area contributed by atoms with Crippen molar-refractivity contribution in [3.05, 3.63) is 146 Å². The third kappa shape index (κ3) is 42.5. The summed E-state index contributed by atoms with van der Waals surface area (Å²) in [5, 5.41) is 9.64. The lowest BCUT2D eigenvalue weighted by Gasteiger charge is -2.31. The Morgan fingerprint density at radius 1 is 0.500 bits per heavy atom. The normalized spacial score (nSPS) is 14.2. The highest BCUT2D eigenvalue weighted by Crippen LogP contribution is 2.11. The second-order valence-corrected chi connectivity index (χ2v) is 16.5. The summed E-state index contributed by atoms with van der Waals surface area (Å²) in [5.41, 5.74) is 0. The summed E-state index contributed by atoms with van der Waals surface area (Å²) in [6.45, 7) is 4.43. The SMILES string of the molecule is CC/C=C/C=C/C=C/C=C/C=C/C=C/C=C/CCCCCC(=O)OC(COCCC(C(=O)O)[N+](C)(C)C)COC(=O)CCCC/C=C/C/C=C/C/C=C/C/C=C/C/C=C/CCCCC. The van der Waals surface area contributed by atoms with Gasteiger partial charge in [-0.25, -0.2) is 4.79 Å². The van der Waals surface area contributed by atoms with Gasteiger partial charge in [-0.1, -0.05) is 179 Å². The second-order valence-electron chi connectivity index (χ2n) is 16.5. The number of hydrogen-bond donors (Lipinski definition) is 1. The largest absolute Gasteiger partial charge is 0.477 e. The molecule has 0 bridgehead atoms. The van der Waals surface area contributed by atoms with Gasteiger partial charge >= 0.3 is 17.9 Å². The van der Waals surface area contributed by atoms with Gasteiger partial charge in [0.15, 0.2) is 12.1 Å². The van der Waals surface area contributed by atoms with Crippen LogP contribution in [0.2, 0.25) is 0 Å². The van der Waals surface area contributed by atoms with E-state index in [1.54, 1.807) is 0 Å². The first-order valence-corrected chi connectivity index (χ1v) is 24.0. The number of carboxylic acids is 1. The molecule has 8 nitrogen and oxygen atoms in total. The molecule has 64 heavy (non-hydrogen) atoms. The lowest BCUT2D eigenvalue weighted by molar-refractivity contribution is -0.887. The number of ether oxygens (including phenoxy) is 3. The molecule has 0 saturated heterocycles. The van der Waals surface area contributed by atoms with Crippen molar-refractivity contribution in [3.8, 4) is 0 Å². The number of esters is 2. The maximum atomic E-state index is 12.8. The molecule has 0 heterocycles. The van der Waals surface area contributed by atoms with Gasteiger partial charge in [0.05, 0.1) is 34.4 Å². The van der Waals surface area contributed by atoms with Gasteiger partial charge in [0, 0.05) is 19.3 Å². The van der Waals surface area contributed by atoms with Crippen molar-refractivity contribution < 1.29 is 38.2 Å². The summed E-state index contributed by atoms with van der Waals surface area (Å²) in [7, 11) is 5.48. The van der Waals surface area contributed by atoms with Crippen molar-refractivity contribution in [3.63, 3.8) is 0 Å². The maximum Gasteiger partial charge on any atom is 0.362 e. The molecule has 0 aromatic rings. The monoisotopic (exact) mass is 885 g/mol. The quantitative estimate of drug-likeness (QED) is 0.0215. The number of carbonyl (C=O) groups excluding carboxylic acids is 2. The van der Waals surface area contributed by atoms with Gasteiger partial charge < -0.3 is 23.8 Å². The van der Waals surface area contributed by atoms with E-state index in [9.17, 15) is 19.5 Å². The number of aliphatic carboxylic acids is 1. The van der Waals surface area contributed by atoms with Gasteiger partial charge in [-0.15, -0.1) is 0 Å². The number of carboxylic acid groups (broad SMARTS) is 1. The molecule has 0 radical (unpaired) electrons. The van der Waals surface area contributed by atoms with E-state index in [0.29, 0.717) is 19.3 Å². The fourth-order valence-electron chi connectivity index (χ4n) is 5.97. The van der Waals surface area contributed by atoms with E-state index < -0.39 is 18.1 Å². The summed E-state index contributed by atoms with van der Waals surface area (Å²) in [6.07, 6.45) is 66.1. The molecule has 0 amide bonds. The lowest BCUT2D eigenvalue weighted by Crippen LogP contribution is -2.50. The van der Waals surface area contributed by atoms with Crippen LogP contribution >= 0.6 is 0 Å². The summed E-state index contributed by atoms with van der Waals surface area (Å²) in [6, 6.07) is -0.642. The van der Waals surface area contributed by atoms with E-state index in [1.807, 2.05) is 94.1 Å². The molecule has 1 N–H and O–H groups in total. The number of quaternary nitrogens is 1. The van der Waals surface area contributed by atoms with Crippen molar-refractivity contribution in [2.75, 3.05) is 41.0 Å². The van der Waals surface area contributed by atoms with Gasteiger partial charge in [0.2, 0.25) is 0 Å². The molecule has 0 spiro atoms. The first-order valence-electron chi connectivity index (χ1n) is 24.0. The Kier molecular flexibility index (Phi) is 41.5. The third-order valence-corrected chi connectivity index (χ3v) is 9.67. The predicted octanol–water partition coefficient (Wildman–Crippen LogP) is 13.7. The summed E-state index contributed by atoms with van der Waals surface area (Å²) < 4.78 is 17.2. The molecule has 0 rings (SSSR count). The fraction of sp³-hybridized carbons (Fsp3) is 0.518. The molecule has 2 unspecified atom stereocenters. The molecule has 0 saturated carbocycles. The molecule has 8 heteroatoms. The molecule has 0 aromatic heterocycles. The fourth-order valence-corrected chi connectivity index (χ4v) is 5.97. The van der Waals surface area contributed by atoms with E-state index in [4.69, 9.17) is 14.2 Å². The van der Waals surface area contributed by atoms with Crippen molar-refractivity contribution in [2.45, 2.75) is 148 Å². The van der Waals surface area contributed by atoms with Crippen LogP contribution in [0.4, 0.5) is 0 Å². The highest BCUT2D eigenvalue weighted by Gasteiger charge is 2.31. The van der Waals surface area contributed by atoms with Gasteiger partial charge in [-0.05, 0) is 83.5 Å². The Hall–Kier alpha value is -4.79. The van der Waals surface area contributed by atoms with Crippen LogP contribution in [0.15, 0.2) is 146 Å². The smallest absolute Gasteiger partial charge is 0.362 e. The van der Waals surface area contributed by atoms with Gasteiger partial charge in [0.1, 0.15) is 6.61 Å².